The first-order chi connectivity index (χ1) is 23.7. The molecule has 5 aromatic carbocycles. The van der Waals surface area contributed by atoms with Crippen LogP contribution in [-0.2, 0) is 0 Å². The summed E-state index contributed by atoms with van der Waals surface area (Å²) in [5, 5.41) is 0. The first-order valence-corrected chi connectivity index (χ1v) is 17.3. The van der Waals surface area contributed by atoms with Crippen molar-refractivity contribution in [2.75, 3.05) is 0 Å². The van der Waals surface area contributed by atoms with Crippen molar-refractivity contribution < 1.29 is 4.42 Å². The van der Waals surface area contributed by atoms with E-state index in [4.69, 9.17) is 19.4 Å². The van der Waals surface area contributed by atoms with E-state index in [9.17, 15) is 0 Å². The fraction of sp³-hybridized carbons (Fsp3) is 0.205. The summed E-state index contributed by atoms with van der Waals surface area (Å²) >= 11 is 0. The molecule has 1 aliphatic carbocycles. The Bertz CT molecular complexity index is 2110. The zero-order valence-corrected chi connectivity index (χ0v) is 27.3. The van der Waals surface area contributed by atoms with Crippen LogP contribution in [0, 0.1) is 5.92 Å². The maximum absolute atomic E-state index is 6.10. The summed E-state index contributed by atoms with van der Waals surface area (Å²) in [5.74, 6) is 2.07. The second kappa shape index (κ2) is 13.4. The van der Waals surface area contributed by atoms with Crippen molar-refractivity contribution in [3.63, 3.8) is 0 Å². The van der Waals surface area contributed by atoms with Crippen LogP contribution in [0.4, 0.5) is 0 Å². The van der Waals surface area contributed by atoms with Gasteiger partial charge in [0.2, 0.25) is 0 Å². The molecule has 0 radical (unpaired) electrons. The first kappa shape index (κ1) is 30.0. The maximum atomic E-state index is 6.10. The lowest BCUT2D eigenvalue weighted by Crippen LogP contribution is -2.14. The van der Waals surface area contributed by atoms with E-state index in [0.717, 1.165) is 67.3 Å². The van der Waals surface area contributed by atoms with Gasteiger partial charge in [-0.3, -0.25) is 0 Å². The normalized spacial score (nSPS) is 16.3. The van der Waals surface area contributed by atoms with Crippen molar-refractivity contribution in [3.8, 4) is 56.2 Å². The minimum Gasteiger partial charge on any atom is -0.443 e. The quantitative estimate of drug-likeness (QED) is 0.169. The fourth-order valence-electron chi connectivity index (χ4n) is 7.56. The smallest absolute Gasteiger partial charge is 0.182 e. The molecular formula is C44H39N3O. The number of hydrogen-bond acceptors (Lipinski definition) is 4. The number of oxazole rings is 1. The van der Waals surface area contributed by atoms with Gasteiger partial charge in [-0.15, -0.1) is 0 Å². The molecule has 0 spiro atoms. The SMILES string of the molecule is CCCC1CCCC(c2ccc(-c3cccc(-c4cccc(-c5cc(-c6ccccc6)nc(-c6ccccc6)n5)c4)c3)c3ncoc23)C1. The molecule has 0 amide bonds. The van der Waals surface area contributed by atoms with E-state index in [2.05, 4.69) is 97.9 Å². The van der Waals surface area contributed by atoms with Crippen LogP contribution in [0.15, 0.2) is 138 Å². The van der Waals surface area contributed by atoms with Gasteiger partial charge in [0.15, 0.2) is 17.8 Å². The van der Waals surface area contributed by atoms with Gasteiger partial charge >= 0.3 is 0 Å². The van der Waals surface area contributed by atoms with Crippen LogP contribution < -0.4 is 0 Å². The van der Waals surface area contributed by atoms with Crippen molar-refractivity contribution in [1.29, 1.82) is 0 Å². The van der Waals surface area contributed by atoms with Crippen molar-refractivity contribution >= 4 is 11.1 Å². The van der Waals surface area contributed by atoms with Gasteiger partial charge in [0, 0.05) is 27.8 Å². The predicted octanol–water partition coefficient (Wildman–Crippen LogP) is 12.0. The number of rotatable bonds is 8. The molecule has 1 aliphatic rings. The summed E-state index contributed by atoms with van der Waals surface area (Å²) in [6.45, 7) is 2.30. The van der Waals surface area contributed by atoms with Crippen LogP contribution in [-0.4, -0.2) is 15.0 Å². The average Bonchev–Trinajstić information content (AvgIpc) is 3.66. The first-order valence-electron chi connectivity index (χ1n) is 17.3. The summed E-state index contributed by atoms with van der Waals surface area (Å²) in [6.07, 6.45) is 9.33. The number of benzene rings is 5. The summed E-state index contributed by atoms with van der Waals surface area (Å²) in [7, 11) is 0. The van der Waals surface area contributed by atoms with Gasteiger partial charge in [-0.1, -0.05) is 142 Å². The number of hydrogen-bond donors (Lipinski definition) is 0. The molecule has 8 rings (SSSR count). The highest BCUT2D eigenvalue weighted by atomic mass is 16.3. The summed E-state index contributed by atoms with van der Waals surface area (Å²) in [4.78, 5) is 14.8. The van der Waals surface area contributed by atoms with Crippen LogP contribution in [0.5, 0.6) is 0 Å². The molecule has 0 bridgehead atoms. The minimum atomic E-state index is 0.542. The van der Waals surface area contributed by atoms with Gasteiger partial charge in [0.05, 0.1) is 11.4 Å². The molecule has 1 saturated carbocycles. The summed E-state index contributed by atoms with van der Waals surface area (Å²) in [5.41, 5.74) is 12.7. The fourth-order valence-corrected chi connectivity index (χ4v) is 7.56. The molecule has 236 valence electrons. The summed E-state index contributed by atoms with van der Waals surface area (Å²) in [6, 6.07) is 44.6. The molecule has 0 aliphatic heterocycles. The van der Waals surface area contributed by atoms with Crippen molar-refractivity contribution in [3.05, 3.63) is 139 Å². The van der Waals surface area contributed by atoms with Gasteiger partial charge in [0.25, 0.3) is 0 Å². The molecule has 0 N–H and O–H groups in total. The van der Waals surface area contributed by atoms with Crippen LogP contribution in [0.1, 0.15) is 56.9 Å². The molecule has 1 fully saturated rings. The monoisotopic (exact) mass is 625 g/mol. The molecule has 4 nitrogen and oxygen atoms in total. The Hall–Kier alpha value is -5.35. The number of aromatic nitrogens is 3. The van der Waals surface area contributed by atoms with E-state index >= 15 is 0 Å². The van der Waals surface area contributed by atoms with Gasteiger partial charge in [-0.2, -0.15) is 0 Å². The molecule has 2 aromatic heterocycles. The third kappa shape index (κ3) is 6.06. The molecule has 2 unspecified atom stereocenters. The zero-order chi connectivity index (χ0) is 32.3. The molecule has 2 atom stereocenters. The highest BCUT2D eigenvalue weighted by molar-refractivity contribution is 5.93. The predicted molar refractivity (Wildman–Crippen MR) is 196 cm³/mol. The Balaban J connectivity index is 1.15. The maximum Gasteiger partial charge on any atom is 0.182 e. The zero-order valence-electron chi connectivity index (χ0n) is 27.3. The third-order valence-corrected chi connectivity index (χ3v) is 9.93. The number of fused-ring (bicyclic) bond motifs is 1. The Kier molecular flexibility index (Phi) is 8.38. The molecule has 0 saturated heterocycles. The Morgan fingerprint density at radius 3 is 2.02 bits per heavy atom. The lowest BCUT2D eigenvalue weighted by molar-refractivity contribution is 0.304. The standard InChI is InChI=1S/C44H39N3O/c1-2-12-30-13-9-20-35(25-30)39-24-23-38(42-43(39)48-29-45-42)36-21-10-18-33(26-36)34-19-11-22-37(27-34)41-28-40(31-14-5-3-6-15-31)46-44(47-41)32-16-7-4-8-17-32/h3-8,10-11,14-19,21-24,26-30,35H,2,9,12-13,20,25H2,1H3. The average molecular weight is 626 g/mol. The summed E-state index contributed by atoms with van der Waals surface area (Å²) < 4.78 is 6.10. The molecule has 2 heterocycles. The van der Waals surface area contributed by atoms with Crippen LogP contribution in [0.2, 0.25) is 0 Å². The molecule has 7 aromatic rings. The van der Waals surface area contributed by atoms with Crippen molar-refractivity contribution in [2.24, 2.45) is 5.92 Å². The minimum absolute atomic E-state index is 0.542. The highest BCUT2D eigenvalue weighted by Gasteiger charge is 2.26. The van der Waals surface area contributed by atoms with Gasteiger partial charge in [-0.05, 0) is 59.6 Å². The lowest BCUT2D eigenvalue weighted by atomic mass is 9.76. The van der Waals surface area contributed by atoms with E-state index in [1.54, 1.807) is 6.39 Å². The number of nitrogens with zero attached hydrogens (tertiary/aromatic N) is 3. The second-order valence-corrected chi connectivity index (χ2v) is 13.1. The lowest BCUT2D eigenvalue weighted by Gasteiger charge is -2.29. The van der Waals surface area contributed by atoms with Crippen molar-refractivity contribution in [1.82, 2.24) is 15.0 Å². The molecule has 4 heteroatoms. The van der Waals surface area contributed by atoms with E-state index < -0.39 is 0 Å². The van der Waals surface area contributed by atoms with Gasteiger partial charge in [-0.25, -0.2) is 15.0 Å². The van der Waals surface area contributed by atoms with E-state index in [-0.39, 0.29) is 0 Å². The van der Waals surface area contributed by atoms with Crippen LogP contribution in [0.3, 0.4) is 0 Å². The van der Waals surface area contributed by atoms with Gasteiger partial charge < -0.3 is 4.42 Å². The Morgan fingerprint density at radius 2 is 1.27 bits per heavy atom. The highest BCUT2D eigenvalue weighted by Crippen LogP contribution is 2.42. The Morgan fingerprint density at radius 1 is 0.625 bits per heavy atom. The Labute approximate surface area is 282 Å². The third-order valence-electron chi connectivity index (χ3n) is 9.93. The topological polar surface area (TPSA) is 51.8 Å². The van der Waals surface area contributed by atoms with Crippen LogP contribution in [0.25, 0.3) is 67.3 Å². The van der Waals surface area contributed by atoms with Gasteiger partial charge in [0.1, 0.15) is 5.52 Å². The van der Waals surface area contributed by atoms with E-state index in [1.165, 1.54) is 44.1 Å². The van der Waals surface area contributed by atoms with Crippen molar-refractivity contribution in [2.45, 2.75) is 51.4 Å². The van der Waals surface area contributed by atoms with E-state index in [0.29, 0.717) is 11.7 Å². The second-order valence-electron chi connectivity index (χ2n) is 13.1. The largest absolute Gasteiger partial charge is 0.443 e. The molecule has 48 heavy (non-hydrogen) atoms. The molecular weight excluding hydrogens is 587 g/mol. The van der Waals surface area contributed by atoms with E-state index in [1.807, 2.05) is 36.4 Å². The van der Waals surface area contributed by atoms with Crippen LogP contribution >= 0.6 is 0 Å².